The van der Waals surface area contributed by atoms with Gasteiger partial charge in [-0.05, 0) is 205 Å². The Kier molecular flexibility index (Phi) is 17.0. The zero-order chi connectivity index (χ0) is 76.6. The average Bonchev–Trinajstić information content (AvgIpc) is 1.29. The molecule has 0 aliphatic carbocycles. The number of fused-ring (bicyclic) bond motifs is 10. The van der Waals surface area contributed by atoms with E-state index < -0.39 is 0 Å². The molecule has 0 atom stereocenters. The van der Waals surface area contributed by atoms with Gasteiger partial charge in [-0.25, -0.2) is 0 Å². The van der Waals surface area contributed by atoms with Crippen molar-refractivity contribution in [3.63, 3.8) is 0 Å². The van der Waals surface area contributed by atoms with Crippen LogP contribution in [0, 0.1) is 0 Å². The minimum atomic E-state index is 1.04. The highest BCUT2D eigenvalue weighted by atomic mass is 32.1. The van der Waals surface area contributed by atoms with Crippen molar-refractivity contribution in [3.05, 3.63) is 437 Å². The second-order valence-electron chi connectivity index (χ2n) is 30.0. The SMILES string of the molecule is c1cc(-c2ccc(-c3cccc4ccccc34)cc2)cc(N(c2ccc(-c3ccc(-c4ccc(-c5cccc6sc7ccccc7c56)c(N(c5ccc(-c6cccc7ccccc67)cc5)c5ccccc5-c5ccccc5-c5cccc6ccccc56)c4)c4ccccc34)cc2)c2ccccc2-c2cccc3sc4ccccc4c23)c1. The Hall–Kier alpha value is -14.5. The molecule has 2 nitrogen and oxygen atoms in total. The first-order valence-corrected chi connectivity index (χ1v) is 41.4. The normalized spacial score (nSPS) is 11.6. The van der Waals surface area contributed by atoms with Crippen LogP contribution in [-0.4, -0.2) is 0 Å². The molecule has 22 rings (SSSR count). The smallest absolute Gasteiger partial charge is 0.0546 e. The summed E-state index contributed by atoms with van der Waals surface area (Å²) < 4.78 is 5.09. The second kappa shape index (κ2) is 28.9. The van der Waals surface area contributed by atoms with Crippen molar-refractivity contribution in [2.75, 3.05) is 9.80 Å². The molecular weight excluding hydrogens is 1440 g/mol. The third kappa shape index (κ3) is 11.9. The van der Waals surface area contributed by atoms with Gasteiger partial charge in [-0.2, -0.15) is 0 Å². The number of anilines is 6. The largest absolute Gasteiger partial charge is 0.310 e. The maximum absolute atomic E-state index is 2.56. The van der Waals surface area contributed by atoms with E-state index in [9.17, 15) is 0 Å². The van der Waals surface area contributed by atoms with E-state index in [0.29, 0.717) is 0 Å². The zero-order valence-electron chi connectivity index (χ0n) is 63.3. The molecule has 116 heavy (non-hydrogen) atoms. The van der Waals surface area contributed by atoms with Crippen molar-refractivity contribution in [2.24, 2.45) is 0 Å². The molecular formula is C112H72N2S2. The monoisotopic (exact) mass is 1510 g/mol. The van der Waals surface area contributed by atoms with Crippen LogP contribution < -0.4 is 9.80 Å². The zero-order valence-corrected chi connectivity index (χ0v) is 64.9. The lowest BCUT2D eigenvalue weighted by Gasteiger charge is -2.31. The van der Waals surface area contributed by atoms with E-state index in [0.717, 1.165) is 95.3 Å². The number of benzene rings is 20. The molecule has 0 amide bonds. The fourth-order valence-corrected chi connectivity index (χ4v) is 20.4. The number of hydrogen-bond donors (Lipinski definition) is 0. The first-order valence-electron chi connectivity index (χ1n) is 39.8. The minimum absolute atomic E-state index is 1.04. The van der Waals surface area contributed by atoms with Gasteiger partial charge in [0.25, 0.3) is 0 Å². The minimum Gasteiger partial charge on any atom is -0.310 e. The standard InChI is InChI=1S/C112H72N2S2/c1-4-33-85-74(25-1)28-20-44-87(85)77-57-55-73(56-58-77)80-31-19-32-84(71-80)113(104-49-15-12-41-98(104)100-47-23-53-109-111(100)102-42-13-17-51-107(102)115-109)82-64-59-79(60-65-82)90-69-70-91(93-37-8-7-36-92(90)93)81-63-68-99(101-48-24-54-110-112(101)103-43-14-18-52-108(103)116-110)106(72-81)114(83-66-61-78(62-67-83)88-45-21-29-75-26-2-5-34-86(75)88)105-50-16-11-40-97(105)96-39-10-9-38-95(96)94-46-22-30-76-27-3-6-35-89(76)94/h1-72H. The highest BCUT2D eigenvalue weighted by molar-refractivity contribution is 7.26. The van der Waals surface area contributed by atoms with Crippen LogP contribution in [0.25, 0.3) is 184 Å². The highest BCUT2D eigenvalue weighted by Gasteiger charge is 2.27. The Morgan fingerprint density at radius 1 is 0.147 bits per heavy atom. The van der Waals surface area contributed by atoms with Gasteiger partial charge in [0.05, 0.1) is 17.1 Å². The Morgan fingerprint density at radius 3 is 1.01 bits per heavy atom. The van der Waals surface area contributed by atoms with Gasteiger partial charge in [0.15, 0.2) is 0 Å². The van der Waals surface area contributed by atoms with E-state index in [2.05, 4.69) is 447 Å². The second-order valence-corrected chi connectivity index (χ2v) is 32.2. The van der Waals surface area contributed by atoms with E-state index in [4.69, 9.17) is 0 Å². The summed E-state index contributed by atoms with van der Waals surface area (Å²) in [5.41, 5.74) is 27.3. The van der Waals surface area contributed by atoms with Gasteiger partial charge in [0, 0.05) is 74.1 Å². The van der Waals surface area contributed by atoms with Crippen LogP contribution in [-0.2, 0) is 0 Å². The molecule has 4 heteroatoms. The first-order chi connectivity index (χ1) is 57.5. The summed E-state index contributed by atoms with van der Waals surface area (Å²) in [6.07, 6.45) is 0. The molecule has 0 radical (unpaired) electrons. The summed E-state index contributed by atoms with van der Waals surface area (Å²) in [5, 5.41) is 14.8. The van der Waals surface area contributed by atoms with Crippen molar-refractivity contribution in [2.45, 2.75) is 0 Å². The molecule has 0 bridgehead atoms. The summed E-state index contributed by atoms with van der Waals surface area (Å²) >= 11 is 3.72. The lowest BCUT2D eigenvalue weighted by Crippen LogP contribution is -2.13. The van der Waals surface area contributed by atoms with Crippen LogP contribution in [0.15, 0.2) is 437 Å². The van der Waals surface area contributed by atoms with E-state index in [1.807, 2.05) is 22.7 Å². The topological polar surface area (TPSA) is 6.48 Å². The molecule has 0 spiro atoms. The molecule has 2 heterocycles. The molecule has 20 aromatic carbocycles. The predicted molar refractivity (Wildman–Crippen MR) is 501 cm³/mol. The number of thiophene rings is 2. The summed E-state index contributed by atoms with van der Waals surface area (Å²) in [6.45, 7) is 0. The molecule has 542 valence electrons. The molecule has 0 unspecified atom stereocenters. The van der Waals surface area contributed by atoms with Gasteiger partial charge < -0.3 is 9.80 Å². The van der Waals surface area contributed by atoms with Crippen molar-refractivity contribution >= 4 is 140 Å². The summed E-state index contributed by atoms with van der Waals surface area (Å²) in [5.74, 6) is 0. The van der Waals surface area contributed by atoms with Crippen LogP contribution in [0.4, 0.5) is 34.1 Å². The molecule has 0 N–H and O–H groups in total. The van der Waals surface area contributed by atoms with Gasteiger partial charge in [-0.3, -0.25) is 0 Å². The molecule has 0 saturated heterocycles. The molecule has 2 aromatic heterocycles. The maximum atomic E-state index is 2.56. The van der Waals surface area contributed by atoms with Crippen molar-refractivity contribution in [3.8, 4) is 100 Å². The van der Waals surface area contributed by atoms with Crippen molar-refractivity contribution < 1.29 is 0 Å². The lowest BCUT2D eigenvalue weighted by atomic mass is 9.89. The van der Waals surface area contributed by atoms with Gasteiger partial charge >= 0.3 is 0 Å². The van der Waals surface area contributed by atoms with Crippen LogP contribution in [0.3, 0.4) is 0 Å². The van der Waals surface area contributed by atoms with Gasteiger partial charge in [0.2, 0.25) is 0 Å². The Labute approximate surface area is 681 Å². The van der Waals surface area contributed by atoms with Gasteiger partial charge in [0.1, 0.15) is 0 Å². The van der Waals surface area contributed by atoms with Gasteiger partial charge in [-0.1, -0.05) is 358 Å². The highest BCUT2D eigenvalue weighted by Crippen LogP contribution is 2.53. The Morgan fingerprint density at radius 2 is 0.466 bits per heavy atom. The fraction of sp³-hybridized carbons (Fsp3) is 0. The third-order valence-electron chi connectivity index (χ3n) is 23.5. The van der Waals surface area contributed by atoms with Crippen molar-refractivity contribution in [1.82, 2.24) is 0 Å². The number of hydrogen-bond acceptors (Lipinski definition) is 4. The van der Waals surface area contributed by atoms with Gasteiger partial charge in [-0.15, -0.1) is 22.7 Å². The molecule has 0 fully saturated rings. The van der Waals surface area contributed by atoms with E-state index in [-0.39, 0.29) is 0 Å². The van der Waals surface area contributed by atoms with Crippen molar-refractivity contribution in [1.29, 1.82) is 0 Å². The van der Waals surface area contributed by atoms with E-state index in [1.54, 1.807) is 0 Å². The average molecular weight is 1510 g/mol. The number of rotatable bonds is 15. The fourth-order valence-electron chi connectivity index (χ4n) is 18.2. The number of nitrogens with zero attached hydrogens (tertiary/aromatic N) is 2. The summed E-state index contributed by atoms with van der Waals surface area (Å²) in [4.78, 5) is 5.02. The molecule has 0 aliphatic rings. The maximum Gasteiger partial charge on any atom is 0.0546 e. The quantitative estimate of drug-likeness (QED) is 0.101. The molecule has 0 saturated carbocycles. The van der Waals surface area contributed by atoms with Crippen LogP contribution in [0.5, 0.6) is 0 Å². The number of para-hydroxylation sites is 2. The summed E-state index contributed by atoms with van der Waals surface area (Å²) in [7, 11) is 0. The lowest BCUT2D eigenvalue weighted by molar-refractivity contribution is 1.28. The third-order valence-corrected chi connectivity index (χ3v) is 25.8. The van der Waals surface area contributed by atoms with Crippen LogP contribution >= 0.6 is 22.7 Å². The Balaban J connectivity index is 0.704. The van der Waals surface area contributed by atoms with E-state index in [1.165, 1.54) is 122 Å². The van der Waals surface area contributed by atoms with E-state index >= 15 is 0 Å². The summed E-state index contributed by atoms with van der Waals surface area (Å²) in [6, 6.07) is 162. The molecule has 0 aliphatic heterocycles. The van der Waals surface area contributed by atoms with Crippen LogP contribution in [0.1, 0.15) is 0 Å². The molecule has 22 aromatic rings. The predicted octanol–water partition coefficient (Wildman–Crippen LogP) is 33.0. The van der Waals surface area contributed by atoms with Crippen LogP contribution in [0.2, 0.25) is 0 Å². The Bertz CT molecular complexity index is 7580. The first kappa shape index (κ1) is 68.3.